The molecule has 0 fully saturated rings. The van der Waals surface area contributed by atoms with Gasteiger partial charge in [0.15, 0.2) is 0 Å². The fraction of sp³-hybridized carbons (Fsp3) is 0.100. The third-order valence-corrected chi connectivity index (χ3v) is 1.63. The van der Waals surface area contributed by atoms with Crippen LogP contribution in [0.15, 0.2) is 24.3 Å². The Kier molecular flexibility index (Phi) is 3.23. The molecule has 4 heteroatoms. The molecule has 0 spiro atoms. The standard InChI is InChI=1S/C10H10FNO2/c11-8-6-7(4-5-9(8)12)2-1-3-10(13)14/h1-2,4-6H,3,12H2,(H,13,14). The highest BCUT2D eigenvalue weighted by Crippen LogP contribution is 2.13. The molecule has 0 saturated carbocycles. The molecule has 3 N–H and O–H groups in total. The Labute approximate surface area is 80.7 Å². The van der Waals surface area contributed by atoms with Gasteiger partial charge in [0, 0.05) is 0 Å². The van der Waals surface area contributed by atoms with Crippen molar-refractivity contribution in [3.8, 4) is 0 Å². The number of anilines is 1. The van der Waals surface area contributed by atoms with Gasteiger partial charge in [0.2, 0.25) is 0 Å². The first-order valence-corrected chi connectivity index (χ1v) is 4.03. The molecule has 0 aliphatic heterocycles. The second kappa shape index (κ2) is 4.41. The van der Waals surface area contributed by atoms with Crippen molar-refractivity contribution in [3.63, 3.8) is 0 Å². The zero-order valence-electron chi connectivity index (χ0n) is 7.40. The Morgan fingerprint density at radius 3 is 2.86 bits per heavy atom. The van der Waals surface area contributed by atoms with Crippen LogP contribution in [-0.2, 0) is 4.79 Å². The molecule has 1 aromatic rings. The van der Waals surface area contributed by atoms with Gasteiger partial charge >= 0.3 is 5.97 Å². The van der Waals surface area contributed by atoms with Crippen molar-refractivity contribution in [2.24, 2.45) is 0 Å². The Morgan fingerprint density at radius 1 is 1.57 bits per heavy atom. The van der Waals surface area contributed by atoms with Crippen LogP contribution >= 0.6 is 0 Å². The Hall–Kier alpha value is -1.84. The average Bonchev–Trinajstić information content (AvgIpc) is 2.10. The maximum atomic E-state index is 12.9. The number of rotatable bonds is 3. The van der Waals surface area contributed by atoms with Gasteiger partial charge in [-0.25, -0.2) is 4.39 Å². The second-order valence-electron chi connectivity index (χ2n) is 2.78. The molecule has 74 valence electrons. The average molecular weight is 195 g/mol. The smallest absolute Gasteiger partial charge is 0.307 e. The Morgan fingerprint density at radius 2 is 2.29 bits per heavy atom. The first kappa shape index (κ1) is 10.2. The zero-order valence-corrected chi connectivity index (χ0v) is 7.40. The van der Waals surface area contributed by atoms with Crippen LogP contribution in [0.25, 0.3) is 6.08 Å². The molecular weight excluding hydrogens is 185 g/mol. The van der Waals surface area contributed by atoms with Crippen LogP contribution in [-0.4, -0.2) is 11.1 Å². The lowest BCUT2D eigenvalue weighted by Gasteiger charge is -1.97. The maximum absolute atomic E-state index is 12.9. The monoisotopic (exact) mass is 195 g/mol. The van der Waals surface area contributed by atoms with Crippen LogP contribution in [0.3, 0.4) is 0 Å². The first-order chi connectivity index (χ1) is 6.59. The van der Waals surface area contributed by atoms with Crippen molar-refractivity contribution in [3.05, 3.63) is 35.7 Å². The van der Waals surface area contributed by atoms with E-state index in [1.807, 2.05) is 0 Å². The molecule has 0 radical (unpaired) electrons. The summed E-state index contributed by atoms with van der Waals surface area (Å²) in [6.45, 7) is 0. The van der Waals surface area contributed by atoms with E-state index in [-0.39, 0.29) is 12.1 Å². The number of halogens is 1. The third kappa shape index (κ3) is 2.90. The van der Waals surface area contributed by atoms with E-state index in [0.29, 0.717) is 5.56 Å². The predicted molar refractivity (Wildman–Crippen MR) is 52.1 cm³/mol. The molecule has 0 heterocycles. The van der Waals surface area contributed by atoms with E-state index in [2.05, 4.69) is 0 Å². The van der Waals surface area contributed by atoms with Gasteiger partial charge in [-0.05, 0) is 17.7 Å². The number of carboxylic acids is 1. The SMILES string of the molecule is Nc1ccc(C=CCC(=O)O)cc1F. The number of aliphatic carboxylic acids is 1. The number of carbonyl (C=O) groups is 1. The van der Waals surface area contributed by atoms with E-state index in [4.69, 9.17) is 10.8 Å². The van der Waals surface area contributed by atoms with Crippen molar-refractivity contribution in [1.82, 2.24) is 0 Å². The minimum atomic E-state index is -0.919. The van der Waals surface area contributed by atoms with Crippen molar-refractivity contribution >= 4 is 17.7 Å². The van der Waals surface area contributed by atoms with Gasteiger partial charge in [-0.3, -0.25) is 4.79 Å². The maximum Gasteiger partial charge on any atom is 0.307 e. The van der Waals surface area contributed by atoms with Crippen molar-refractivity contribution in [1.29, 1.82) is 0 Å². The predicted octanol–water partition coefficient (Wildman–Crippen LogP) is 1.90. The lowest BCUT2D eigenvalue weighted by atomic mass is 10.2. The highest BCUT2D eigenvalue weighted by atomic mass is 19.1. The molecule has 1 aromatic carbocycles. The second-order valence-corrected chi connectivity index (χ2v) is 2.78. The first-order valence-electron chi connectivity index (χ1n) is 4.03. The summed E-state index contributed by atoms with van der Waals surface area (Å²) in [6, 6.07) is 4.32. The molecule has 0 unspecified atom stereocenters. The summed E-state index contributed by atoms with van der Waals surface area (Å²) in [5, 5.41) is 8.34. The van der Waals surface area contributed by atoms with Gasteiger partial charge in [-0.2, -0.15) is 0 Å². The summed E-state index contributed by atoms with van der Waals surface area (Å²) in [6.07, 6.45) is 2.91. The van der Waals surface area contributed by atoms with Gasteiger partial charge < -0.3 is 10.8 Å². The molecule has 0 atom stereocenters. The largest absolute Gasteiger partial charge is 0.481 e. The number of nitrogens with two attached hydrogens (primary N) is 1. The molecule has 0 saturated heterocycles. The van der Waals surface area contributed by atoms with Crippen LogP contribution < -0.4 is 5.73 Å². The summed E-state index contributed by atoms with van der Waals surface area (Å²) in [5.41, 5.74) is 5.95. The molecular formula is C10H10FNO2. The molecule has 1 rings (SSSR count). The Balaban J connectivity index is 2.73. The van der Waals surface area contributed by atoms with Gasteiger partial charge in [-0.1, -0.05) is 18.2 Å². The van der Waals surface area contributed by atoms with E-state index >= 15 is 0 Å². The molecule has 0 bridgehead atoms. The van der Waals surface area contributed by atoms with Gasteiger partial charge in [-0.15, -0.1) is 0 Å². The molecule has 0 aliphatic rings. The summed E-state index contributed by atoms with van der Waals surface area (Å²) >= 11 is 0. The van der Waals surface area contributed by atoms with Crippen molar-refractivity contribution in [2.45, 2.75) is 6.42 Å². The van der Waals surface area contributed by atoms with Crippen LogP contribution in [0.1, 0.15) is 12.0 Å². The van der Waals surface area contributed by atoms with Gasteiger partial charge in [0.25, 0.3) is 0 Å². The zero-order chi connectivity index (χ0) is 10.6. The van der Waals surface area contributed by atoms with Gasteiger partial charge in [0.05, 0.1) is 12.1 Å². The van der Waals surface area contributed by atoms with Crippen LogP contribution in [0.5, 0.6) is 0 Å². The molecule has 14 heavy (non-hydrogen) atoms. The quantitative estimate of drug-likeness (QED) is 0.724. The third-order valence-electron chi connectivity index (χ3n) is 1.63. The Bertz CT molecular complexity index is 374. The van der Waals surface area contributed by atoms with Crippen molar-refractivity contribution in [2.75, 3.05) is 5.73 Å². The fourth-order valence-corrected chi connectivity index (χ4v) is 0.943. The number of carboxylic acid groups (broad SMARTS) is 1. The fourth-order valence-electron chi connectivity index (χ4n) is 0.943. The van der Waals surface area contributed by atoms with E-state index in [1.165, 1.54) is 24.3 Å². The molecule has 0 amide bonds. The molecule has 3 nitrogen and oxygen atoms in total. The minimum Gasteiger partial charge on any atom is -0.481 e. The topological polar surface area (TPSA) is 63.3 Å². The van der Waals surface area contributed by atoms with E-state index in [0.717, 1.165) is 0 Å². The van der Waals surface area contributed by atoms with Crippen molar-refractivity contribution < 1.29 is 14.3 Å². The lowest BCUT2D eigenvalue weighted by molar-refractivity contribution is -0.135. The van der Waals surface area contributed by atoms with E-state index in [1.54, 1.807) is 6.07 Å². The summed E-state index contributed by atoms with van der Waals surface area (Å²) in [4.78, 5) is 10.2. The van der Waals surface area contributed by atoms with Crippen LogP contribution in [0, 0.1) is 5.82 Å². The molecule has 0 aliphatic carbocycles. The van der Waals surface area contributed by atoms with Crippen LogP contribution in [0.2, 0.25) is 0 Å². The normalized spacial score (nSPS) is 10.6. The van der Waals surface area contributed by atoms with Crippen LogP contribution in [0.4, 0.5) is 10.1 Å². The summed E-state index contributed by atoms with van der Waals surface area (Å²) in [7, 11) is 0. The number of hydrogen-bond acceptors (Lipinski definition) is 2. The highest BCUT2D eigenvalue weighted by molar-refractivity contribution is 5.70. The number of nitrogen functional groups attached to an aromatic ring is 1. The van der Waals surface area contributed by atoms with E-state index in [9.17, 15) is 9.18 Å². The van der Waals surface area contributed by atoms with E-state index < -0.39 is 11.8 Å². The van der Waals surface area contributed by atoms with Gasteiger partial charge in [0.1, 0.15) is 5.82 Å². The number of benzene rings is 1. The summed E-state index contributed by atoms with van der Waals surface area (Å²) < 4.78 is 12.9. The minimum absolute atomic E-state index is 0.0774. The highest BCUT2D eigenvalue weighted by Gasteiger charge is 1.97. The lowest BCUT2D eigenvalue weighted by Crippen LogP contribution is -1.91. The number of hydrogen-bond donors (Lipinski definition) is 2. The summed E-state index contributed by atoms with van der Waals surface area (Å²) in [5.74, 6) is -1.42. The molecule has 0 aromatic heterocycles.